The van der Waals surface area contributed by atoms with Crippen LogP contribution in [-0.2, 0) is 7.05 Å². The van der Waals surface area contributed by atoms with E-state index in [1.165, 1.54) is 0 Å². The van der Waals surface area contributed by atoms with Crippen LogP contribution in [0.25, 0.3) is 22.4 Å². The molecular formula is C30H29F6N2+. The minimum absolute atomic E-state index is 0.210. The molecule has 1 fully saturated rings. The fourth-order valence-corrected chi connectivity index (χ4v) is 4.91. The minimum atomic E-state index is -4.67. The number of benzene rings is 2. The van der Waals surface area contributed by atoms with E-state index in [1.54, 1.807) is 6.07 Å². The van der Waals surface area contributed by atoms with E-state index >= 15 is 0 Å². The Balaban J connectivity index is 1.69. The molecule has 3 unspecified atom stereocenters. The molecule has 1 aromatic heterocycles. The number of aromatic nitrogens is 1. The Hall–Kier alpha value is -3.39. The second-order valence-corrected chi connectivity index (χ2v) is 9.80. The van der Waals surface area contributed by atoms with Gasteiger partial charge in [0.2, 0.25) is 5.69 Å². The van der Waals surface area contributed by atoms with E-state index < -0.39 is 48.3 Å². The lowest BCUT2D eigenvalue weighted by atomic mass is 9.95. The fourth-order valence-electron chi connectivity index (χ4n) is 4.91. The molecule has 0 amide bonds. The van der Waals surface area contributed by atoms with Crippen molar-refractivity contribution < 1.29 is 30.9 Å². The van der Waals surface area contributed by atoms with Crippen molar-refractivity contribution in [2.75, 3.05) is 6.54 Å². The molecule has 1 saturated carbocycles. The Bertz CT molecular complexity index is 1330. The first-order chi connectivity index (χ1) is 17.8. The minimum Gasteiger partial charge on any atom is -0.312 e. The van der Waals surface area contributed by atoms with E-state index in [-0.39, 0.29) is 5.57 Å². The highest BCUT2D eigenvalue weighted by atomic mass is 19.4. The SMILES string of the molecule is C=C(C(=C)C(F)(F)F)C1C(NC[C@H](C)C(F)(F)F)C1c1ccccc1-c1ccc(-c2ccccc2)c[n+]1C. The normalized spacial score (nSPS) is 20.2. The molecule has 0 spiro atoms. The third kappa shape index (κ3) is 5.70. The third-order valence-corrected chi connectivity index (χ3v) is 7.21. The maximum absolute atomic E-state index is 13.5. The number of nitrogens with zero attached hydrogens (tertiary/aromatic N) is 1. The van der Waals surface area contributed by atoms with Crippen molar-refractivity contribution in [3.63, 3.8) is 0 Å². The van der Waals surface area contributed by atoms with Crippen LogP contribution in [0.15, 0.2) is 97.2 Å². The molecule has 0 aliphatic heterocycles. The number of rotatable bonds is 8. The molecule has 200 valence electrons. The lowest BCUT2D eigenvalue weighted by Gasteiger charge is -2.17. The van der Waals surface area contributed by atoms with Gasteiger partial charge in [0.25, 0.3) is 0 Å². The Morgan fingerprint density at radius 1 is 0.895 bits per heavy atom. The molecule has 4 atom stereocenters. The van der Waals surface area contributed by atoms with Crippen LogP contribution >= 0.6 is 0 Å². The molecule has 0 bridgehead atoms. The number of alkyl halides is 6. The lowest BCUT2D eigenvalue weighted by molar-refractivity contribution is -0.659. The van der Waals surface area contributed by atoms with E-state index in [2.05, 4.69) is 18.5 Å². The van der Waals surface area contributed by atoms with E-state index in [9.17, 15) is 26.3 Å². The van der Waals surface area contributed by atoms with Gasteiger partial charge in [0.1, 0.15) is 7.05 Å². The Morgan fingerprint density at radius 2 is 1.53 bits per heavy atom. The van der Waals surface area contributed by atoms with Crippen LogP contribution in [-0.4, -0.2) is 24.9 Å². The molecule has 2 nitrogen and oxygen atoms in total. The number of aryl methyl sites for hydroxylation is 1. The van der Waals surface area contributed by atoms with Crippen LogP contribution in [0.1, 0.15) is 18.4 Å². The van der Waals surface area contributed by atoms with Crippen molar-refractivity contribution in [3.8, 4) is 22.4 Å². The van der Waals surface area contributed by atoms with E-state index in [1.807, 2.05) is 78.5 Å². The maximum atomic E-state index is 13.5. The van der Waals surface area contributed by atoms with Gasteiger partial charge in [-0.15, -0.1) is 0 Å². The van der Waals surface area contributed by atoms with Crippen molar-refractivity contribution >= 4 is 0 Å². The predicted molar refractivity (Wildman–Crippen MR) is 136 cm³/mol. The fraction of sp³-hybridized carbons (Fsp3) is 0.300. The highest BCUT2D eigenvalue weighted by Gasteiger charge is 2.56. The van der Waals surface area contributed by atoms with Crippen LogP contribution in [0.2, 0.25) is 0 Å². The quantitative estimate of drug-likeness (QED) is 0.182. The zero-order valence-electron chi connectivity index (χ0n) is 21.1. The monoisotopic (exact) mass is 531 g/mol. The second kappa shape index (κ2) is 10.4. The highest BCUT2D eigenvalue weighted by molar-refractivity contribution is 5.68. The maximum Gasteiger partial charge on any atom is 0.416 e. The van der Waals surface area contributed by atoms with Crippen molar-refractivity contribution in [3.05, 3.63) is 103 Å². The molecule has 8 heteroatoms. The average molecular weight is 532 g/mol. The van der Waals surface area contributed by atoms with Gasteiger partial charge in [-0.3, -0.25) is 0 Å². The molecule has 0 radical (unpaired) electrons. The summed E-state index contributed by atoms with van der Waals surface area (Å²) in [4.78, 5) is 0. The van der Waals surface area contributed by atoms with E-state index in [0.717, 1.165) is 34.9 Å². The van der Waals surface area contributed by atoms with Gasteiger partial charge >= 0.3 is 12.4 Å². The number of pyridine rings is 1. The number of halogens is 6. The van der Waals surface area contributed by atoms with Gasteiger partial charge in [0.05, 0.1) is 11.5 Å². The summed E-state index contributed by atoms with van der Waals surface area (Å²) < 4.78 is 81.7. The Kier molecular flexibility index (Phi) is 7.57. The molecule has 1 aliphatic rings. The summed E-state index contributed by atoms with van der Waals surface area (Å²) in [6, 6.07) is 20.4. The molecule has 3 aromatic rings. The average Bonchev–Trinajstić information content (AvgIpc) is 3.59. The van der Waals surface area contributed by atoms with Gasteiger partial charge in [0.15, 0.2) is 6.20 Å². The lowest BCUT2D eigenvalue weighted by Crippen LogP contribution is -2.33. The molecule has 2 aromatic carbocycles. The number of hydrogen-bond acceptors (Lipinski definition) is 1. The Labute approximate surface area is 218 Å². The van der Waals surface area contributed by atoms with Crippen LogP contribution < -0.4 is 9.88 Å². The summed E-state index contributed by atoms with van der Waals surface area (Å²) in [5, 5.41) is 2.88. The summed E-state index contributed by atoms with van der Waals surface area (Å²) in [6.07, 6.45) is -7.12. The molecule has 4 rings (SSSR count). The van der Waals surface area contributed by atoms with Crippen molar-refractivity contribution in [1.29, 1.82) is 0 Å². The summed E-state index contributed by atoms with van der Waals surface area (Å²) >= 11 is 0. The van der Waals surface area contributed by atoms with E-state index in [4.69, 9.17) is 0 Å². The van der Waals surface area contributed by atoms with Gasteiger partial charge in [0, 0.05) is 41.6 Å². The first-order valence-electron chi connectivity index (χ1n) is 12.2. The number of nitrogens with one attached hydrogen (secondary N) is 1. The molecule has 38 heavy (non-hydrogen) atoms. The van der Waals surface area contributed by atoms with Gasteiger partial charge in [-0.25, -0.2) is 4.57 Å². The Morgan fingerprint density at radius 3 is 2.13 bits per heavy atom. The summed E-state index contributed by atoms with van der Waals surface area (Å²) in [5.41, 5.74) is 3.13. The third-order valence-electron chi connectivity index (χ3n) is 7.21. The van der Waals surface area contributed by atoms with Crippen LogP contribution in [0.4, 0.5) is 26.3 Å². The predicted octanol–water partition coefficient (Wildman–Crippen LogP) is 7.39. The first kappa shape index (κ1) is 27.6. The van der Waals surface area contributed by atoms with Crippen LogP contribution in [0.5, 0.6) is 0 Å². The molecule has 1 heterocycles. The van der Waals surface area contributed by atoms with Crippen molar-refractivity contribution in [1.82, 2.24) is 5.32 Å². The standard InChI is InChI=1S/C30H29F6N2/c1-18(29(31,32)33)16-37-28-26(19(2)20(3)30(34,35)36)27(28)24-13-9-8-12-23(24)25-15-14-22(17-38(25)4)21-10-6-5-7-11-21/h5-15,17-18,26-28,37H,2-3,16H2,1,4H3/q+1/t18-,26?,27?,28?/m0/s1. The topological polar surface area (TPSA) is 15.9 Å². The van der Waals surface area contributed by atoms with Gasteiger partial charge in [-0.2, -0.15) is 26.3 Å². The molecule has 1 N–H and O–H groups in total. The summed E-state index contributed by atoms with van der Waals surface area (Å²) in [6.45, 7) is 7.48. The van der Waals surface area contributed by atoms with Crippen LogP contribution in [0, 0.1) is 11.8 Å². The van der Waals surface area contributed by atoms with Crippen LogP contribution in [0.3, 0.4) is 0 Å². The van der Waals surface area contributed by atoms with Gasteiger partial charge < -0.3 is 5.32 Å². The second-order valence-electron chi connectivity index (χ2n) is 9.80. The molecule has 1 aliphatic carbocycles. The van der Waals surface area contributed by atoms with E-state index in [0.29, 0.717) is 0 Å². The highest BCUT2D eigenvalue weighted by Crippen LogP contribution is 2.56. The number of allylic oxidation sites excluding steroid dienone is 1. The first-order valence-corrected chi connectivity index (χ1v) is 12.2. The zero-order chi connectivity index (χ0) is 27.8. The van der Waals surface area contributed by atoms with Gasteiger partial charge in [-0.05, 0) is 28.8 Å². The number of hydrogen-bond donors (Lipinski definition) is 1. The van der Waals surface area contributed by atoms with Crippen molar-refractivity contribution in [2.24, 2.45) is 18.9 Å². The molecule has 0 saturated heterocycles. The van der Waals surface area contributed by atoms with Crippen molar-refractivity contribution in [2.45, 2.75) is 31.2 Å². The summed E-state index contributed by atoms with van der Waals surface area (Å²) in [7, 11) is 1.88. The summed E-state index contributed by atoms with van der Waals surface area (Å²) in [5.74, 6) is -2.88. The molecular weight excluding hydrogens is 502 g/mol. The van der Waals surface area contributed by atoms with Gasteiger partial charge in [-0.1, -0.05) is 68.6 Å². The smallest absolute Gasteiger partial charge is 0.312 e. The largest absolute Gasteiger partial charge is 0.416 e. The zero-order valence-corrected chi connectivity index (χ0v) is 21.1.